The van der Waals surface area contributed by atoms with Crippen molar-refractivity contribution in [1.29, 1.82) is 0 Å². The zero-order chi connectivity index (χ0) is 15.9. The van der Waals surface area contributed by atoms with Crippen molar-refractivity contribution in [3.63, 3.8) is 0 Å². The van der Waals surface area contributed by atoms with E-state index in [1.807, 2.05) is 31.2 Å². The molecule has 0 aliphatic carbocycles. The van der Waals surface area contributed by atoms with Gasteiger partial charge in [-0.2, -0.15) is 4.31 Å². The number of carbonyl (C=O) groups is 1. The van der Waals surface area contributed by atoms with Crippen molar-refractivity contribution >= 4 is 16.1 Å². The predicted octanol–water partition coefficient (Wildman–Crippen LogP) is 1.50. The molecule has 1 rings (SSSR count). The summed E-state index contributed by atoms with van der Waals surface area (Å²) in [6, 6.07) is 7.62. The fourth-order valence-electron chi connectivity index (χ4n) is 1.80. The van der Waals surface area contributed by atoms with Crippen LogP contribution in [0.5, 0.6) is 0 Å². The van der Waals surface area contributed by atoms with E-state index < -0.39 is 16.1 Å². The van der Waals surface area contributed by atoms with Crippen LogP contribution in [0.3, 0.4) is 0 Å². The van der Waals surface area contributed by atoms with Crippen LogP contribution in [0.25, 0.3) is 0 Å². The SMILES string of the molecule is CCOC(=O)NCCN(Cc1ccccc1C)S(C)(=O)=O. The Hall–Kier alpha value is -1.60. The maximum absolute atomic E-state index is 11.8. The van der Waals surface area contributed by atoms with Crippen molar-refractivity contribution in [2.24, 2.45) is 0 Å². The topological polar surface area (TPSA) is 75.7 Å². The smallest absolute Gasteiger partial charge is 0.407 e. The highest BCUT2D eigenvalue weighted by molar-refractivity contribution is 7.88. The van der Waals surface area contributed by atoms with E-state index in [-0.39, 0.29) is 26.2 Å². The normalized spacial score (nSPS) is 11.4. The summed E-state index contributed by atoms with van der Waals surface area (Å²) in [5.41, 5.74) is 1.98. The zero-order valence-corrected chi connectivity index (χ0v) is 13.4. The van der Waals surface area contributed by atoms with Gasteiger partial charge in [0.05, 0.1) is 12.9 Å². The molecule has 21 heavy (non-hydrogen) atoms. The first kappa shape index (κ1) is 17.5. The van der Waals surface area contributed by atoms with Crippen LogP contribution in [0, 0.1) is 6.92 Å². The van der Waals surface area contributed by atoms with Crippen LogP contribution < -0.4 is 5.32 Å². The zero-order valence-electron chi connectivity index (χ0n) is 12.6. The third-order valence-corrected chi connectivity index (χ3v) is 4.23. The van der Waals surface area contributed by atoms with Crippen LogP contribution in [0.4, 0.5) is 4.79 Å². The van der Waals surface area contributed by atoms with Gasteiger partial charge in [-0.1, -0.05) is 24.3 Å². The lowest BCUT2D eigenvalue weighted by atomic mass is 10.1. The van der Waals surface area contributed by atoms with Crippen molar-refractivity contribution in [3.05, 3.63) is 35.4 Å². The average molecular weight is 314 g/mol. The molecule has 0 saturated heterocycles. The molecule has 0 bridgehead atoms. The number of hydrogen-bond acceptors (Lipinski definition) is 4. The quantitative estimate of drug-likeness (QED) is 0.827. The lowest BCUT2D eigenvalue weighted by molar-refractivity contribution is 0.151. The first-order valence-electron chi connectivity index (χ1n) is 6.75. The van der Waals surface area contributed by atoms with Gasteiger partial charge < -0.3 is 10.1 Å². The van der Waals surface area contributed by atoms with Gasteiger partial charge in [0.25, 0.3) is 0 Å². The Bertz CT molecular complexity index is 572. The fourth-order valence-corrected chi connectivity index (χ4v) is 2.60. The number of ether oxygens (including phenoxy) is 1. The summed E-state index contributed by atoms with van der Waals surface area (Å²) >= 11 is 0. The fraction of sp³-hybridized carbons (Fsp3) is 0.500. The lowest BCUT2D eigenvalue weighted by Crippen LogP contribution is -2.38. The maximum atomic E-state index is 11.8. The molecule has 0 aromatic heterocycles. The molecule has 1 aromatic carbocycles. The monoisotopic (exact) mass is 314 g/mol. The van der Waals surface area contributed by atoms with Crippen LogP contribution >= 0.6 is 0 Å². The molecule has 0 heterocycles. The molecule has 1 amide bonds. The summed E-state index contributed by atoms with van der Waals surface area (Å²) < 4.78 is 29.7. The molecule has 0 atom stereocenters. The van der Waals surface area contributed by atoms with Gasteiger partial charge in [-0.05, 0) is 25.0 Å². The van der Waals surface area contributed by atoms with Crippen LogP contribution in [-0.4, -0.2) is 44.8 Å². The molecule has 0 aliphatic rings. The van der Waals surface area contributed by atoms with Crippen LogP contribution in [0.1, 0.15) is 18.1 Å². The van der Waals surface area contributed by atoms with Crippen LogP contribution in [0.15, 0.2) is 24.3 Å². The molecule has 0 fully saturated rings. The number of nitrogens with one attached hydrogen (secondary N) is 1. The van der Waals surface area contributed by atoms with Gasteiger partial charge in [-0.15, -0.1) is 0 Å². The van der Waals surface area contributed by atoms with Crippen molar-refractivity contribution in [2.75, 3.05) is 26.0 Å². The first-order valence-corrected chi connectivity index (χ1v) is 8.59. The third kappa shape index (κ3) is 6.14. The predicted molar refractivity (Wildman–Crippen MR) is 81.5 cm³/mol. The third-order valence-electron chi connectivity index (χ3n) is 2.98. The first-order chi connectivity index (χ1) is 9.84. The van der Waals surface area contributed by atoms with E-state index in [9.17, 15) is 13.2 Å². The minimum Gasteiger partial charge on any atom is -0.450 e. The number of aryl methyl sites for hydroxylation is 1. The van der Waals surface area contributed by atoms with E-state index in [1.165, 1.54) is 4.31 Å². The standard InChI is InChI=1S/C14H22N2O4S/c1-4-20-14(17)15-9-10-16(21(3,18)19)11-13-8-6-5-7-12(13)2/h5-8H,4,9-11H2,1-3H3,(H,15,17). The summed E-state index contributed by atoms with van der Waals surface area (Å²) in [4.78, 5) is 11.2. The van der Waals surface area contributed by atoms with Crippen molar-refractivity contribution in [2.45, 2.75) is 20.4 Å². The van der Waals surface area contributed by atoms with Gasteiger partial charge in [0.15, 0.2) is 0 Å². The second-order valence-electron chi connectivity index (χ2n) is 4.67. The minimum absolute atomic E-state index is 0.200. The number of alkyl carbamates (subject to hydrolysis) is 1. The summed E-state index contributed by atoms with van der Waals surface area (Å²) in [6.07, 6.45) is 0.622. The number of carbonyl (C=O) groups excluding carboxylic acids is 1. The van der Waals surface area contributed by atoms with E-state index in [1.54, 1.807) is 6.92 Å². The largest absolute Gasteiger partial charge is 0.450 e. The molecule has 0 saturated carbocycles. The molecular weight excluding hydrogens is 292 g/mol. The molecule has 0 unspecified atom stereocenters. The van der Waals surface area contributed by atoms with Crippen LogP contribution in [0.2, 0.25) is 0 Å². The van der Waals surface area contributed by atoms with Crippen molar-refractivity contribution in [3.8, 4) is 0 Å². The number of amides is 1. The number of nitrogens with zero attached hydrogens (tertiary/aromatic N) is 1. The summed E-state index contributed by atoms with van der Waals surface area (Å²) in [5, 5.41) is 2.52. The average Bonchev–Trinajstić information content (AvgIpc) is 2.39. The summed E-state index contributed by atoms with van der Waals surface area (Å²) in [6.45, 7) is 4.62. The molecule has 6 nitrogen and oxygen atoms in total. The van der Waals surface area contributed by atoms with Gasteiger partial charge in [0.1, 0.15) is 0 Å². The van der Waals surface area contributed by atoms with Gasteiger partial charge in [-0.3, -0.25) is 0 Å². The van der Waals surface area contributed by atoms with E-state index in [0.717, 1.165) is 17.4 Å². The van der Waals surface area contributed by atoms with Gasteiger partial charge in [0.2, 0.25) is 10.0 Å². The van der Waals surface area contributed by atoms with Gasteiger partial charge in [0, 0.05) is 19.6 Å². The Morgan fingerprint density at radius 1 is 1.33 bits per heavy atom. The van der Waals surface area contributed by atoms with E-state index in [0.29, 0.717) is 0 Å². The molecule has 0 aliphatic heterocycles. The van der Waals surface area contributed by atoms with E-state index in [2.05, 4.69) is 5.32 Å². The number of rotatable bonds is 7. The maximum Gasteiger partial charge on any atom is 0.407 e. The van der Waals surface area contributed by atoms with Gasteiger partial charge in [-0.25, -0.2) is 13.2 Å². The molecule has 0 spiro atoms. The highest BCUT2D eigenvalue weighted by Gasteiger charge is 2.17. The lowest BCUT2D eigenvalue weighted by Gasteiger charge is -2.21. The Labute approximate surface area is 126 Å². The van der Waals surface area contributed by atoms with Crippen molar-refractivity contribution < 1.29 is 17.9 Å². The number of hydrogen-bond donors (Lipinski definition) is 1. The van der Waals surface area contributed by atoms with Crippen LogP contribution in [-0.2, 0) is 21.3 Å². The number of sulfonamides is 1. The molecule has 0 radical (unpaired) electrons. The molecule has 1 aromatic rings. The summed E-state index contributed by atoms with van der Waals surface area (Å²) in [5.74, 6) is 0. The molecular formula is C14H22N2O4S. The molecule has 1 N–H and O–H groups in total. The Morgan fingerprint density at radius 3 is 2.57 bits per heavy atom. The Kier molecular flexibility index (Phi) is 6.64. The van der Waals surface area contributed by atoms with Gasteiger partial charge >= 0.3 is 6.09 Å². The van der Waals surface area contributed by atoms with E-state index in [4.69, 9.17) is 4.74 Å². The summed E-state index contributed by atoms with van der Waals surface area (Å²) in [7, 11) is -3.35. The molecule has 118 valence electrons. The Morgan fingerprint density at radius 2 is 2.00 bits per heavy atom. The minimum atomic E-state index is -3.35. The molecule has 7 heteroatoms. The van der Waals surface area contributed by atoms with Crippen molar-refractivity contribution in [1.82, 2.24) is 9.62 Å². The highest BCUT2D eigenvalue weighted by atomic mass is 32.2. The van der Waals surface area contributed by atoms with E-state index >= 15 is 0 Å². The number of benzene rings is 1. The highest BCUT2D eigenvalue weighted by Crippen LogP contribution is 2.12. The second kappa shape index (κ2) is 7.99. The Balaban J connectivity index is 2.66. The second-order valence-corrected chi connectivity index (χ2v) is 6.65.